The number of hydrogen-bond acceptors (Lipinski definition) is 5. The number of likely N-dealkylation sites (N-methyl/N-ethyl adjacent to an activating group) is 1. The zero-order valence-corrected chi connectivity index (χ0v) is 11.1. The van der Waals surface area contributed by atoms with Crippen molar-refractivity contribution in [3.8, 4) is 11.4 Å². The molecule has 102 valence electrons. The van der Waals surface area contributed by atoms with Crippen LogP contribution in [0.4, 0.5) is 0 Å². The van der Waals surface area contributed by atoms with Gasteiger partial charge in [-0.05, 0) is 25.5 Å². The van der Waals surface area contributed by atoms with Crippen LogP contribution in [0.15, 0.2) is 27.5 Å². The normalized spacial score (nSPS) is 23.6. The van der Waals surface area contributed by atoms with Crippen molar-refractivity contribution in [2.45, 2.75) is 44.6 Å². The molecule has 2 aromatic rings. The molecule has 0 bridgehead atoms. The summed E-state index contributed by atoms with van der Waals surface area (Å²) in [5.41, 5.74) is 0.866. The smallest absolute Gasteiger partial charge is 0.231 e. The predicted octanol–water partition coefficient (Wildman–Crippen LogP) is 2.97. The van der Waals surface area contributed by atoms with Crippen LogP contribution >= 0.6 is 0 Å². The third-order valence-corrected chi connectivity index (χ3v) is 3.77. The highest BCUT2D eigenvalue weighted by molar-refractivity contribution is 5.51. The topological polar surface area (TPSA) is 64.1 Å². The van der Waals surface area contributed by atoms with Gasteiger partial charge in [0.2, 0.25) is 11.7 Å². The molecule has 2 heterocycles. The van der Waals surface area contributed by atoms with Crippen molar-refractivity contribution < 1.29 is 8.94 Å². The highest BCUT2D eigenvalue weighted by Crippen LogP contribution is 2.33. The molecule has 1 aliphatic rings. The number of aromatic nitrogens is 2. The predicted molar refractivity (Wildman–Crippen MR) is 70.7 cm³/mol. The Bertz CT molecular complexity index is 505. The van der Waals surface area contributed by atoms with Crippen LogP contribution in [-0.2, 0) is 0 Å². The van der Waals surface area contributed by atoms with Crippen LogP contribution in [-0.4, -0.2) is 22.7 Å². The first-order chi connectivity index (χ1) is 9.38. The van der Waals surface area contributed by atoms with Crippen molar-refractivity contribution >= 4 is 0 Å². The van der Waals surface area contributed by atoms with E-state index in [4.69, 9.17) is 8.94 Å². The van der Waals surface area contributed by atoms with Crippen LogP contribution in [0.25, 0.3) is 11.4 Å². The van der Waals surface area contributed by atoms with Crippen molar-refractivity contribution in [1.29, 1.82) is 0 Å². The summed E-state index contributed by atoms with van der Waals surface area (Å²) in [5, 5.41) is 7.59. The molecule has 0 amide bonds. The fourth-order valence-electron chi connectivity index (χ4n) is 2.83. The van der Waals surface area contributed by atoms with E-state index in [0.29, 0.717) is 17.8 Å². The van der Waals surface area contributed by atoms with Crippen LogP contribution in [0.5, 0.6) is 0 Å². The minimum absolute atomic E-state index is 0.335. The monoisotopic (exact) mass is 261 g/mol. The van der Waals surface area contributed by atoms with Crippen molar-refractivity contribution in [3.63, 3.8) is 0 Å². The summed E-state index contributed by atoms with van der Waals surface area (Å²) in [4.78, 5) is 4.53. The van der Waals surface area contributed by atoms with E-state index >= 15 is 0 Å². The molecule has 2 atom stereocenters. The Kier molecular flexibility index (Phi) is 3.64. The van der Waals surface area contributed by atoms with E-state index in [2.05, 4.69) is 22.4 Å². The second-order valence-electron chi connectivity index (χ2n) is 5.02. The van der Waals surface area contributed by atoms with Gasteiger partial charge in [0, 0.05) is 6.04 Å². The highest BCUT2D eigenvalue weighted by Gasteiger charge is 2.30. The van der Waals surface area contributed by atoms with Gasteiger partial charge in [0.05, 0.1) is 17.7 Å². The minimum Gasteiger partial charge on any atom is -0.472 e. The summed E-state index contributed by atoms with van der Waals surface area (Å²) >= 11 is 0. The van der Waals surface area contributed by atoms with Crippen molar-refractivity contribution in [2.24, 2.45) is 0 Å². The van der Waals surface area contributed by atoms with Gasteiger partial charge in [0.1, 0.15) is 6.26 Å². The van der Waals surface area contributed by atoms with Crippen LogP contribution < -0.4 is 5.32 Å². The lowest BCUT2D eigenvalue weighted by molar-refractivity contribution is 0.265. The minimum atomic E-state index is 0.335. The Labute approximate surface area is 112 Å². The fraction of sp³-hybridized carbons (Fsp3) is 0.571. The van der Waals surface area contributed by atoms with Gasteiger partial charge in [-0.15, -0.1) is 0 Å². The molecule has 19 heavy (non-hydrogen) atoms. The van der Waals surface area contributed by atoms with Gasteiger partial charge in [-0.2, -0.15) is 4.98 Å². The maximum absolute atomic E-state index is 5.46. The standard InChI is InChI=1S/C14H19N3O2/c1-2-15-12-6-4-3-5-11(12)14-16-13(17-19-14)10-7-8-18-9-10/h7-9,11-12,15H,2-6H2,1H3. The lowest BCUT2D eigenvalue weighted by Crippen LogP contribution is -2.37. The maximum atomic E-state index is 5.46. The van der Waals surface area contributed by atoms with Gasteiger partial charge in [-0.1, -0.05) is 24.9 Å². The van der Waals surface area contributed by atoms with E-state index in [1.54, 1.807) is 12.5 Å². The summed E-state index contributed by atoms with van der Waals surface area (Å²) in [5.74, 6) is 1.70. The molecule has 1 aliphatic carbocycles. The first-order valence-electron chi connectivity index (χ1n) is 6.98. The molecule has 2 aromatic heterocycles. The van der Waals surface area contributed by atoms with Gasteiger partial charge in [-0.3, -0.25) is 0 Å². The van der Waals surface area contributed by atoms with Crippen LogP contribution in [0.2, 0.25) is 0 Å². The Morgan fingerprint density at radius 1 is 1.37 bits per heavy atom. The number of hydrogen-bond donors (Lipinski definition) is 1. The lowest BCUT2D eigenvalue weighted by atomic mass is 9.84. The summed E-state index contributed by atoms with van der Waals surface area (Å²) in [6.45, 7) is 3.11. The molecule has 1 fully saturated rings. The number of furan rings is 1. The Balaban J connectivity index is 1.80. The summed E-state index contributed by atoms with van der Waals surface area (Å²) in [6, 6.07) is 2.30. The van der Waals surface area contributed by atoms with E-state index in [0.717, 1.165) is 24.4 Å². The largest absolute Gasteiger partial charge is 0.472 e. The number of nitrogens with zero attached hydrogens (tertiary/aromatic N) is 2. The van der Waals surface area contributed by atoms with E-state index in [-0.39, 0.29) is 0 Å². The molecule has 1 saturated carbocycles. The van der Waals surface area contributed by atoms with Crippen LogP contribution in [0, 0.1) is 0 Å². The first kappa shape index (κ1) is 12.4. The summed E-state index contributed by atoms with van der Waals surface area (Å²) in [6.07, 6.45) is 8.06. The molecule has 1 N–H and O–H groups in total. The van der Waals surface area contributed by atoms with Crippen molar-refractivity contribution in [2.75, 3.05) is 6.54 Å². The SMILES string of the molecule is CCNC1CCCCC1c1nc(-c2ccoc2)no1. The average molecular weight is 261 g/mol. The summed E-state index contributed by atoms with van der Waals surface area (Å²) in [7, 11) is 0. The maximum Gasteiger partial charge on any atom is 0.231 e. The zero-order chi connectivity index (χ0) is 13.1. The van der Waals surface area contributed by atoms with Crippen molar-refractivity contribution in [1.82, 2.24) is 15.5 Å². The number of nitrogens with one attached hydrogen (secondary N) is 1. The van der Waals surface area contributed by atoms with E-state index in [1.807, 2.05) is 6.07 Å². The van der Waals surface area contributed by atoms with Crippen molar-refractivity contribution in [3.05, 3.63) is 24.5 Å². The molecule has 0 aromatic carbocycles. The molecule has 0 saturated heterocycles. The van der Waals surface area contributed by atoms with Gasteiger partial charge in [0.15, 0.2) is 0 Å². The second kappa shape index (κ2) is 5.57. The molecule has 5 heteroatoms. The van der Waals surface area contributed by atoms with Crippen LogP contribution in [0.3, 0.4) is 0 Å². The Hall–Kier alpha value is -1.62. The molecule has 3 rings (SSSR count). The molecular formula is C14H19N3O2. The van der Waals surface area contributed by atoms with Gasteiger partial charge in [0.25, 0.3) is 0 Å². The third-order valence-electron chi connectivity index (χ3n) is 3.77. The second-order valence-corrected chi connectivity index (χ2v) is 5.02. The van der Waals surface area contributed by atoms with Gasteiger partial charge in [-0.25, -0.2) is 0 Å². The molecular weight excluding hydrogens is 242 g/mol. The fourth-order valence-corrected chi connectivity index (χ4v) is 2.83. The number of rotatable bonds is 4. The quantitative estimate of drug-likeness (QED) is 0.916. The molecule has 0 spiro atoms. The van der Waals surface area contributed by atoms with E-state index < -0.39 is 0 Å². The van der Waals surface area contributed by atoms with Gasteiger partial charge < -0.3 is 14.3 Å². The molecule has 2 unspecified atom stereocenters. The first-order valence-corrected chi connectivity index (χ1v) is 6.98. The third kappa shape index (κ3) is 2.56. The Morgan fingerprint density at radius 3 is 3.05 bits per heavy atom. The van der Waals surface area contributed by atoms with Crippen LogP contribution in [0.1, 0.15) is 44.4 Å². The zero-order valence-electron chi connectivity index (χ0n) is 11.1. The molecule has 0 aliphatic heterocycles. The van der Waals surface area contributed by atoms with E-state index in [9.17, 15) is 0 Å². The van der Waals surface area contributed by atoms with E-state index in [1.165, 1.54) is 19.3 Å². The summed E-state index contributed by atoms with van der Waals surface area (Å²) < 4.78 is 10.5. The highest BCUT2D eigenvalue weighted by atomic mass is 16.5. The molecule has 5 nitrogen and oxygen atoms in total. The van der Waals surface area contributed by atoms with Gasteiger partial charge >= 0.3 is 0 Å². The molecule has 0 radical (unpaired) electrons. The Morgan fingerprint density at radius 2 is 2.26 bits per heavy atom. The average Bonchev–Trinajstić information content (AvgIpc) is 3.11. The lowest BCUT2D eigenvalue weighted by Gasteiger charge is -2.29.